The summed E-state index contributed by atoms with van der Waals surface area (Å²) in [7, 11) is 0. The third-order valence-corrected chi connectivity index (χ3v) is 4.69. The molecule has 0 heterocycles. The second-order valence-electron chi connectivity index (χ2n) is 5.23. The molecule has 0 aromatic heterocycles. The number of para-hydroxylation sites is 1. The number of aliphatic hydroxyl groups is 1. The van der Waals surface area contributed by atoms with Gasteiger partial charge in [0.25, 0.3) is 0 Å². The van der Waals surface area contributed by atoms with E-state index in [0.717, 1.165) is 28.1 Å². The number of carbonyl (C=O) groups excluding carboxylic acids is 1. The largest absolute Gasteiger partial charge is 0.392 e. The minimum Gasteiger partial charge on any atom is -0.392 e. The third kappa shape index (κ3) is 4.61. The van der Waals surface area contributed by atoms with Gasteiger partial charge in [0, 0.05) is 11.4 Å². The van der Waals surface area contributed by atoms with E-state index in [1.54, 1.807) is 11.8 Å². The zero-order valence-electron chi connectivity index (χ0n) is 12.9. The first-order valence-electron chi connectivity index (χ1n) is 7.27. The van der Waals surface area contributed by atoms with Crippen molar-refractivity contribution < 1.29 is 9.90 Å². The maximum atomic E-state index is 12.2. The lowest BCUT2D eigenvalue weighted by Crippen LogP contribution is -2.23. The minimum absolute atomic E-state index is 0.0197. The fourth-order valence-corrected chi connectivity index (χ4v) is 2.83. The molecular weight excluding hydrogens is 294 g/mol. The number of thioether (sulfide) groups is 1. The summed E-state index contributed by atoms with van der Waals surface area (Å²) in [6.07, 6.45) is 0. The molecule has 116 valence electrons. The molecule has 4 heteroatoms. The molecule has 0 aliphatic rings. The van der Waals surface area contributed by atoms with Crippen molar-refractivity contribution in [3.05, 3.63) is 65.2 Å². The van der Waals surface area contributed by atoms with E-state index in [2.05, 4.69) is 5.32 Å². The first-order chi connectivity index (χ1) is 10.6. The van der Waals surface area contributed by atoms with Crippen molar-refractivity contribution >= 4 is 23.4 Å². The van der Waals surface area contributed by atoms with E-state index >= 15 is 0 Å². The second kappa shape index (κ2) is 8.01. The molecule has 1 amide bonds. The second-order valence-corrected chi connectivity index (χ2v) is 6.56. The Hall–Kier alpha value is -1.78. The Morgan fingerprint density at radius 1 is 1.14 bits per heavy atom. The van der Waals surface area contributed by atoms with Gasteiger partial charge in [-0.2, -0.15) is 0 Å². The standard InChI is InChI=1S/C18H21NO2S/c1-13-5-3-4-6-17(13)19-18(21)14(2)22-12-16-9-7-15(11-20)8-10-16/h3-10,14,20H,11-12H2,1-2H3,(H,19,21). The molecule has 0 saturated heterocycles. The van der Waals surface area contributed by atoms with Gasteiger partial charge in [0.15, 0.2) is 0 Å². The number of rotatable bonds is 6. The highest BCUT2D eigenvalue weighted by atomic mass is 32.2. The van der Waals surface area contributed by atoms with Crippen LogP contribution in [0.5, 0.6) is 0 Å². The summed E-state index contributed by atoms with van der Waals surface area (Å²) in [6, 6.07) is 15.6. The quantitative estimate of drug-likeness (QED) is 0.853. The molecule has 0 aliphatic heterocycles. The number of hydrogen-bond acceptors (Lipinski definition) is 3. The zero-order chi connectivity index (χ0) is 15.9. The van der Waals surface area contributed by atoms with Crippen molar-refractivity contribution in [3.8, 4) is 0 Å². The summed E-state index contributed by atoms with van der Waals surface area (Å²) in [5.74, 6) is 0.792. The van der Waals surface area contributed by atoms with Crippen LogP contribution in [-0.2, 0) is 17.2 Å². The Morgan fingerprint density at radius 2 is 1.77 bits per heavy atom. The van der Waals surface area contributed by atoms with Gasteiger partial charge in [-0.15, -0.1) is 11.8 Å². The Labute approximate surface area is 135 Å². The van der Waals surface area contributed by atoms with E-state index in [9.17, 15) is 4.79 Å². The highest BCUT2D eigenvalue weighted by Crippen LogP contribution is 2.21. The number of anilines is 1. The van der Waals surface area contributed by atoms with Gasteiger partial charge in [0.05, 0.1) is 11.9 Å². The zero-order valence-corrected chi connectivity index (χ0v) is 13.7. The van der Waals surface area contributed by atoms with Gasteiger partial charge in [-0.05, 0) is 36.6 Å². The van der Waals surface area contributed by atoms with Gasteiger partial charge in [-0.3, -0.25) is 4.79 Å². The summed E-state index contributed by atoms with van der Waals surface area (Å²) in [5.41, 5.74) is 3.98. The highest BCUT2D eigenvalue weighted by Gasteiger charge is 2.14. The number of amides is 1. The predicted octanol–water partition coefficient (Wildman–Crippen LogP) is 3.75. The summed E-state index contributed by atoms with van der Waals surface area (Å²) >= 11 is 1.60. The molecule has 2 N–H and O–H groups in total. The Bertz CT molecular complexity index is 625. The molecule has 1 atom stereocenters. The van der Waals surface area contributed by atoms with E-state index in [-0.39, 0.29) is 17.8 Å². The van der Waals surface area contributed by atoms with Crippen molar-refractivity contribution in [2.24, 2.45) is 0 Å². The van der Waals surface area contributed by atoms with Crippen LogP contribution >= 0.6 is 11.8 Å². The fraction of sp³-hybridized carbons (Fsp3) is 0.278. The lowest BCUT2D eigenvalue weighted by atomic mass is 10.2. The molecule has 1 unspecified atom stereocenters. The van der Waals surface area contributed by atoms with Crippen LogP contribution < -0.4 is 5.32 Å². The molecule has 0 radical (unpaired) electrons. The van der Waals surface area contributed by atoms with E-state index in [1.165, 1.54) is 0 Å². The fourth-order valence-electron chi connectivity index (χ4n) is 1.99. The molecule has 2 rings (SSSR count). The van der Waals surface area contributed by atoms with Crippen LogP contribution in [0.25, 0.3) is 0 Å². The minimum atomic E-state index is -0.128. The van der Waals surface area contributed by atoms with Crippen molar-refractivity contribution in [3.63, 3.8) is 0 Å². The number of aliphatic hydroxyl groups excluding tert-OH is 1. The van der Waals surface area contributed by atoms with Crippen molar-refractivity contribution in [2.45, 2.75) is 31.5 Å². The van der Waals surface area contributed by atoms with Gasteiger partial charge in [0.1, 0.15) is 0 Å². The summed E-state index contributed by atoms with van der Waals surface area (Å²) in [6.45, 7) is 3.96. The number of hydrogen-bond donors (Lipinski definition) is 2. The van der Waals surface area contributed by atoms with Gasteiger partial charge < -0.3 is 10.4 Å². The van der Waals surface area contributed by atoms with Crippen LogP contribution in [0.15, 0.2) is 48.5 Å². The van der Waals surface area contributed by atoms with Crippen molar-refractivity contribution in [1.29, 1.82) is 0 Å². The van der Waals surface area contributed by atoms with Crippen LogP contribution in [-0.4, -0.2) is 16.3 Å². The molecule has 22 heavy (non-hydrogen) atoms. The molecule has 0 spiro atoms. The third-order valence-electron chi connectivity index (χ3n) is 3.48. The molecule has 2 aromatic rings. The van der Waals surface area contributed by atoms with Gasteiger partial charge >= 0.3 is 0 Å². The van der Waals surface area contributed by atoms with Crippen LogP contribution in [0.4, 0.5) is 5.69 Å². The normalized spacial score (nSPS) is 12.0. The SMILES string of the molecule is Cc1ccccc1NC(=O)C(C)SCc1ccc(CO)cc1. The number of nitrogens with one attached hydrogen (secondary N) is 1. The molecule has 3 nitrogen and oxygen atoms in total. The Morgan fingerprint density at radius 3 is 2.41 bits per heavy atom. The van der Waals surface area contributed by atoms with E-state index in [4.69, 9.17) is 5.11 Å². The van der Waals surface area contributed by atoms with E-state index < -0.39 is 0 Å². The molecule has 0 saturated carbocycles. The average Bonchev–Trinajstić information content (AvgIpc) is 2.55. The van der Waals surface area contributed by atoms with Gasteiger partial charge in [-0.1, -0.05) is 42.5 Å². The lowest BCUT2D eigenvalue weighted by Gasteiger charge is -2.13. The molecule has 0 aliphatic carbocycles. The predicted molar refractivity (Wildman–Crippen MR) is 92.9 cm³/mol. The Kier molecular flexibility index (Phi) is 6.04. The van der Waals surface area contributed by atoms with E-state index in [0.29, 0.717) is 0 Å². The monoisotopic (exact) mass is 315 g/mol. The number of carbonyl (C=O) groups is 1. The first-order valence-corrected chi connectivity index (χ1v) is 8.32. The highest BCUT2D eigenvalue weighted by molar-refractivity contribution is 7.99. The summed E-state index contributed by atoms with van der Waals surface area (Å²) < 4.78 is 0. The maximum Gasteiger partial charge on any atom is 0.237 e. The Balaban J connectivity index is 1.87. The van der Waals surface area contributed by atoms with Crippen LogP contribution in [0.1, 0.15) is 23.6 Å². The average molecular weight is 315 g/mol. The van der Waals surface area contributed by atoms with Crippen molar-refractivity contribution in [2.75, 3.05) is 5.32 Å². The summed E-state index contributed by atoms with van der Waals surface area (Å²) in [5, 5.41) is 11.9. The lowest BCUT2D eigenvalue weighted by molar-refractivity contribution is -0.115. The van der Waals surface area contributed by atoms with Gasteiger partial charge in [-0.25, -0.2) is 0 Å². The molecule has 0 bridgehead atoms. The number of aryl methyl sites for hydroxylation is 1. The first kappa shape index (κ1) is 16.6. The maximum absolute atomic E-state index is 12.2. The topological polar surface area (TPSA) is 49.3 Å². The number of benzene rings is 2. The van der Waals surface area contributed by atoms with Gasteiger partial charge in [0.2, 0.25) is 5.91 Å². The van der Waals surface area contributed by atoms with Crippen LogP contribution in [0.3, 0.4) is 0 Å². The molecule has 2 aromatic carbocycles. The molecular formula is C18H21NO2S. The summed E-state index contributed by atoms with van der Waals surface area (Å²) in [4.78, 5) is 12.2. The van der Waals surface area contributed by atoms with E-state index in [1.807, 2.05) is 62.4 Å². The van der Waals surface area contributed by atoms with Crippen molar-refractivity contribution in [1.82, 2.24) is 0 Å². The van der Waals surface area contributed by atoms with Crippen LogP contribution in [0.2, 0.25) is 0 Å². The smallest absolute Gasteiger partial charge is 0.237 e. The molecule has 0 fully saturated rings. The van der Waals surface area contributed by atoms with Crippen LogP contribution in [0, 0.1) is 6.92 Å².